The maximum atomic E-state index is 13.6. The summed E-state index contributed by atoms with van der Waals surface area (Å²) in [5, 5.41) is 6.86. The fourth-order valence-electron chi connectivity index (χ4n) is 9.88. The number of rotatable bonds is 10. The van der Waals surface area contributed by atoms with Crippen LogP contribution in [0, 0.1) is 30.1 Å². The summed E-state index contributed by atoms with van der Waals surface area (Å²) in [4.78, 5) is 59.7. The van der Waals surface area contributed by atoms with E-state index in [0.717, 1.165) is 35.6 Å². The van der Waals surface area contributed by atoms with Gasteiger partial charge in [-0.3, -0.25) is 19.0 Å². The Hall–Kier alpha value is -5.04. The topological polar surface area (TPSA) is 138 Å². The molecule has 278 valence electrons. The van der Waals surface area contributed by atoms with Gasteiger partial charge >= 0.3 is 0 Å². The number of pyridine rings is 2. The Bertz CT molecular complexity index is 2070. The van der Waals surface area contributed by atoms with Crippen LogP contribution < -0.4 is 25.8 Å². The van der Waals surface area contributed by atoms with Crippen LogP contribution in [0.25, 0.3) is 16.7 Å². The highest BCUT2D eigenvalue weighted by Gasteiger charge is 2.51. The Morgan fingerprint density at radius 2 is 1.68 bits per heavy atom. The second-order valence-electron chi connectivity index (χ2n) is 16.1. The Morgan fingerprint density at radius 3 is 2.36 bits per heavy atom. The molecule has 1 aliphatic heterocycles. The summed E-state index contributed by atoms with van der Waals surface area (Å²) in [5.74, 6) is 4.15. The third-order valence-corrected chi connectivity index (χ3v) is 11.7. The summed E-state index contributed by atoms with van der Waals surface area (Å²) < 4.78 is 7.23. The Morgan fingerprint density at radius 1 is 0.962 bits per heavy atom. The second-order valence-corrected chi connectivity index (χ2v) is 16.1. The van der Waals surface area contributed by atoms with Gasteiger partial charge in [-0.2, -0.15) is 9.97 Å². The molecular formula is C40H49N9O4. The summed E-state index contributed by atoms with van der Waals surface area (Å²) in [6.45, 7) is 4.88. The molecule has 0 unspecified atom stereocenters. The number of anilines is 4. The van der Waals surface area contributed by atoms with E-state index < -0.39 is 0 Å². The molecule has 1 aromatic carbocycles. The third kappa shape index (κ3) is 7.18. The van der Waals surface area contributed by atoms with Crippen LogP contribution in [0.15, 0.2) is 53.5 Å². The molecule has 5 fully saturated rings. The molecule has 0 radical (unpaired) electrons. The van der Waals surface area contributed by atoms with Gasteiger partial charge in [-0.15, -0.1) is 0 Å². The fourth-order valence-corrected chi connectivity index (χ4v) is 9.88. The Labute approximate surface area is 309 Å². The zero-order valence-corrected chi connectivity index (χ0v) is 31.1. The van der Waals surface area contributed by atoms with Gasteiger partial charge in [-0.05, 0) is 119 Å². The van der Waals surface area contributed by atoms with Gasteiger partial charge in [0.2, 0.25) is 23.6 Å². The van der Waals surface area contributed by atoms with Crippen molar-refractivity contribution in [3.05, 3.63) is 64.6 Å². The Kier molecular flexibility index (Phi) is 9.30. The van der Waals surface area contributed by atoms with Gasteiger partial charge in [0.05, 0.1) is 19.3 Å². The highest BCUT2D eigenvalue weighted by Crippen LogP contribution is 2.61. The molecule has 2 N–H and O–H groups in total. The maximum Gasteiger partial charge on any atom is 0.257 e. The SMILES string of the molecule is COc1nc(N2CCN(C(=O)CC34CC5CC(CC(C5)C3)C4)CC2)ccc1Nc1ncc2c(C)cc(=O)n(-c3cccc(NC(=O)CN(C)C)c3)c2n1. The molecule has 0 spiro atoms. The van der Waals surface area contributed by atoms with Crippen molar-refractivity contribution in [2.45, 2.75) is 51.9 Å². The maximum absolute atomic E-state index is 13.6. The molecule has 0 atom stereocenters. The minimum absolute atomic E-state index is 0.157. The van der Waals surface area contributed by atoms with Crippen LogP contribution in [-0.4, -0.2) is 95.1 Å². The van der Waals surface area contributed by atoms with Crippen LogP contribution in [0.3, 0.4) is 0 Å². The Balaban J connectivity index is 0.966. The number of aromatic nitrogens is 4. The van der Waals surface area contributed by atoms with Crippen molar-refractivity contribution < 1.29 is 14.3 Å². The average molecular weight is 720 g/mol. The zero-order valence-electron chi connectivity index (χ0n) is 31.1. The van der Waals surface area contributed by atoms with Crippen molar-refractivity contribution in [1.82, 2.24) is 29.3 Å². The van der Waals surface area contributed by atoms with E-state index in [1.54, 1.807) is 48.5 Å². The van der Waals surface area contributed by atoms with E-state index in [-0.39, 0.29) is 29.4 Å². The highest BCUT2D eigenvalue weighted by atomic mass is 16.5. The lowest BCUT2D eigenvalue weighted by Gasteiger charge is -2.57. The number of nitrogens with one attached hydrogen (secondary N) is 2. The standard InChI is InChI=1S/C40H49N9O4/c1-25-14-35(51)49(30-7-5-6-29(18-30)42-34(50)24-46(2)3)37-31(25)23-41-39(45-37)43-32-8-9-33(44-38(32)53-4)47-10-12-48(13-11-47)36(52)22-40-19-26-15-27(20-40)17-28(16-26)21-40/h5-9,14,18,23,26-28H,10-13,15-17,19-22,24H2,1-4H3,(H,42,50)(H,41,43,45). The first-order valence-corrected chi connectivity index (χ1v) is 18.8. The number of benzene rings is 1. The summed E-state index contributed by atoms with van der Waals surface area (Å²) in [6.07, 6.45) is 10.4. The van der Waals surface area contributed by atoms with Crippen LogP contribution in [0.4, 0.5) is 23.1 Å². The van der Waals surface area contributed by atoms with Gasteiger partial charge in [0.25, 0.3) is 5.56 Å². The second kappa shape index (κ2) is 14.1. The predicted molar refractivity (Wildman–Crippen MR) is 205 cm³/mol. The molecule has 4 aliphatic carbocycles. The highest BCUT2D eigenvalue weighted by molar-refractivity contribution is 5.92. The van der Waals surface area contributed by atoms with Crippen LogP contribution in [-0.2, 0) is 9.59 Å². The van der Waals surface area contributed by atoms with Crippen LogP contribution in [0.2, 0.25) is 0 Å². The summed E-state index contributed by atoms with van der Waals surface area (Å²) in [6, 6.07) is 12.5. The molecule has 4 saturated carbocycles. The lowest BCUT2D eigenvalue weighted by molar-refractivity contribution is -0.139. The summed E-state index contributed by atoms with van der Waals surface area (Å²) in [7, 11) is 5.23. The van der Waals surface area contributed by atoms with Gasteiger partial charge in [0.1, 0.15) is 11.5 Å². The number of methoxy groups -OCH3 is 1. The number of fused-ring (bicyclic) bond motifs is 1. The van der Waals surface area contributed by atoms with Gasteiger partial charge in [-0.25, -0.2) is 4.98 Å². The minimum atomic E-state index is -0.255. The number of carbonyl (C=O) groups is 2. The number of hydrogen-bond acceptors (Lipinski definition) is 10. The average Bonchev–Trinajstić information content (AvgIpc) is 3.11. The number of piperazine rings is 1. The van der Waals surface area contributed by atoms with Crippen LogP contribution in [0.5, 0.6) is 5.88 Å². The molecule has 5 aliphatic rings. The van der Waals surface area contributed by atoms with E-state index >= 15 is 0 Å². The molecule has 4 bridgehead atoms. The van der Waals surface area contributed by atoms with Gasteiger partial charge in [-0.1, -0.05) is 6.07 Å². The molecule has 9 rings (SSSR count). The molecular weight excluding hydrogens is 670 g/mol. The lowest BCUT2D eigenvalue weighted by Crippen LogP contribution is -2.52. The quantitative estimate of drug-likeness (QED) is 0.231. The van der Waals surface area contributed by atoms with Crippen molar-refractivity contribution in [1.29, 1.82) is 0 Å². The number of likely N-dealkylation sites (N-methyl/N-ethyl adjacent to an activating group) is 1. The van der Waals surface area contributed by atoms with Gasteiger partial charge < -0.3 is 30.1 Å². The molecule has 3 aromatic heterocycles. The molecule has 1 saturated heterocycles. The lowest BCUT2D eigenvalue weighted by atomic mass is 9.49. The predicted octanol–water partition coefficient (Wildman–Crippen LogP) is 4.99. The molecule has 4 aromatic rings. The first-order valence-electron chi connectivity index (χ1n) is 18.8. The van der Waals surface area contributed by atoms with Crippen LogP contribution >= 0.6 is 0 Å². The van der Waals surface area contributed by atoms with Crippen molar-refractivity contribution in [3.8, 4) is 11.6 Å². The van der Waals surface area contributed by atoms with Crippen molar-refractivity contribution in [2.75, 3.05) is 69.5 Å². The molecule has 2 amide bonds. The molecule has 53 heavy (non-hydrogen) atoms. The van der Waals surface area contributed by atoms with Crippen molar-refractivity contribution >= 4 is 46.0 Å². The third-order valence-electron chi connectivity index (χ3n) is 11.7. The number of carbonyl (C=O) groups excluding carboxylic acids is 2. The first-order chi connectivity index (χ1) is 25.5. The fraction of sp³-hybridized carbons (Fsp3) is 0.500. The van der Waals surface area contributed by atoms with Crippen LogP contribution in [0.1, 0.15) is 50.5 Å². The molecule has 4 heterocycles. The summed E-state index contributed by atoms with van der Waals surface area (Å²) in [5.41, 5.74) is 2.88. The zero-order chi connectivity index (χ0) is 36.9. The largest absolute Gasteiger partial charge is 0.479 e. The van der Waals surface area contributed by atoms with E-state index in [2.05, 4.69) is 25.4 Å². The first kappa shape index (κ1) is 35.0. The van der Waals surface area contributed by atoms with Crippen molar-refractivity contribution in [3.63, 3.8) is 0 Å². The number of nitrogens with zero attached hydrogens (tertiary/aromatic N) is 7. The normalized spacial score (nSPS) is 23.5. The van der Waals surface area contributed by atoms with E-state index in [4.69, 9.17) is 14.7 Å². The van der Waals surface area contributed by atoms with Gasteiger partial charge in [0, 0.05) is 55.9 Å². The number of ether oxygens (including phenoxy) is 1. The smallest absolute Gasteiger partial charge is 0.257 e. The van der Waals surface area contributed by atoms with E-state index in [9.17, 15) is 14.4 Å². The monoisotopic (exact) mass is 719 g/mol. The summed E-state index contributed by atoms with van der Waals surface area (Å²) >= 11 is 0. The van der Waals surface area contributed by atoms with E-state index in [1.807, 2.05) is 33.2 Å². The number of aryl methyl sites for hydroxylation is 1. The minimum Gasteiger partial charge on any atom is -0.479 e. The van der Waals surface area contributed by atoms with E-state index in [0.29, 0.717) is 66.1 Å². The van der Waals surface area contributed by atoms with E-state index in [1.165, 1.54) is 43.1 Å². The number of amides is 2. The number of hydrogen-bond donors (Lipinski definition) is 2. The molecule has 13 heteroatoms. The van der Waals surface area contributed by atoms with Gasteiger partial charge in [0.15, 0.2) is 5.65 Å². The van der Waals surface area contributed by atoms with Crippen molar-refractivity contribution in [2.24, 2.45) is 23.2 Å². The molecule has 13 nitrogen and oxygen atoms in total.